The van der Waals surface area contributed by atoms with Crippen molar-refractivity contribution in [2.75, 3.05) is 19.7 Å². The number of carbonyl (C=O) groups is 1. The molecule has 2 rings (SSSR count). The normalized spacial score (nSPS) is 17.0. The summed E-state index contributed by atoms with van der Waals surface area (Å²) in [5.41, 5.74) is -1.13. The number of alkyl halides is 3. The van der Waals surface area contributed by atoms with E-state index in [9.17, 15) is 18.0 Å². The van der Waals surface area contributed by atoms with Crippen molar-refractivity contribution in [1.29, 1.82) is 0 Å². The molecule has 1 fully saturated rings. The number of likely N-dealkylation sites (tertiary alicyclic amines) is 1. The molecule has 0 radical (unpaired) electrons. The van der Waals surface area contributed by atoms with Gasteiger partial charge >= 0.3 is 12.1 Å². The van der Waals surface area contributed by atoms with E-state index in [1.165, 1.54) is 0 Å². The highest BCUT2D eigenvalue weighted by molar-refractivity contribution is 7.13. The van der Waals surface area contributed by atoms with Gasteiger partial charge in [-0.15, -0.1) is 11.3 Å². The number of aromatic nitrogens is 1. The minimum Gasteiger partial charge on any atom is -0.462 e. The average Bonchev–Trinajstić information content (AvgIpc) is 2.84. The first-order valence-electron chi connectivity index (χ1n) is 6.88. The Morgan fingerprint density at radius 2 is 2.00 bits per heavy atom. The van der Waals surface area contributed by atoms with Crippen molar-refractivity contribution in [2.24, 2.45) is 0 Å². The number of ether oxygens (including phenoxy) is 1. The van der Waals surface area contributed by atoms with Gasteiger partial charge in [-0.1, -0.05) is 6.42 Å². The smallest absolute Gasteiger partial charge is 0.435 e. The highest BCUT2D eigenvalue weighted by atomic mass is 32.1. The van der Waals surface area contributed by atoms with E-state index in [4.69, 9.17) is 0 Å². The summed E-state index contributed by atoms with van der Waals surface area (Å²) < 4.78 is 43.6. The summed E-state index contributed by atoms with van der Waals surface area (Å²) in [6.45, 7) is 3.66. The zero-order chi connectivity index (χ0) is 15.5. The molecule has 0 aromatic carbocycles. The first-order valence-corrected chi connectivity index (χ1v) is 7.70. The van der Waals surface area contributed by atoms with Gasteiger partial charge in [-0.05, 0) is 32.9 Å². The molecule has 1 aromatic rings. The van der Waals surface area contributed by atoms with Crippen molar-refractivity contribution >= 4 is 17.3 Å². The van der Waals surface area contributed by atoms with E-state index in [2.05, 4.69) is 14.6 Å². The molecule has 2 heterocycles. The summed E-state index contributed by atoms with van der Waals surface area (Å²) in [5.74, 6) is -0.952. The fourth-order valence-corrected chi connectivity index (χ4v) is 3.29. The molecule has 1 aliphatic heterocycles. The van der Waals surface area contributed by atoms with E-state index >= 15 is 0 Å². The molecule has 0 unspecified atom stereocenters. The fourth-order valence-electron chi connectivity index (χ4n) is 2.27. The SMILES string of the molecule is CCOC(=O)c1sc(CN2CCCCC2)nc1C(F)(F)F. The van der Waals surface area contributed by atoms with Gasteiger partial charge in [0.25, 0.3) is 0 Å². The highest BCUT2D eigenvalue weighted by Gasteiger charge is 2.40. The summed E-state index contributed by atoms with van der Waals surface area (Å²) >= 11 is 0.781. The zero-order valence-electron chi connectivity index (χ0n) is 11.7. The fraction of sp³-hybridized carbons (Fsp3) is 0.692. The number of esters is 1. The minimum absolute atomic E-state index is 0.0372. The Morgan fingerprint density at radius 3 is 2.57 bits per heavy atom. The van der Waals surface area contributed by atoms with Crippen LogP contribution in [0.2, 0.25) is 0 Å². The van der Waals surface area contributed by atoms with Crippen LogP contribution in [-0.2, 0) is 17.5 Å². The Morgan fingerprint density at radius 1 is 1.33 bits per heavy atom. The molecule has 0 N–H and O–H groups in total. The first kappa shape index (κ1) is 16.2. The van der Waals surface area contributed by atoms with Gasteiger partial charge in [0.1, 0.15) is 9.88 Å². The van der Waals surface area contributed by atoms with E-state index in [1.54, 1.807) is 6.92 Å². The van der Waals surface area contributed by atoms with Crippen molar-refractivity contribution in [2.45, 2.75) is 38.9 Å². The lowest BCUT2D eigenvalue weighted by atomic mass is 10.1. The minimum atomic E-state index is -4.64. The Hall–Kier alpha value is -1.15. The predicted octanol–water partition coefficient (Wildman–Crippen LogP) is 3.32. The summed E-state index contributed by atoms with van der Waals surface area (Å²) in [7, 11) is 0. The number of hydrogen-bond donors (Lipinski definition) is 0. The third kappa shape index (κ3) is 4.16. The number of halogens is 3. The first-order chi connectivity index (χ1) is 9.91. The molecule has 118 valence electrons. The summed E-state index contributed by atoms with van der Waals surface area (Å²) in [6, 6.07) is 0. The van der Waals surface area contributed by atoms with Crippen LogP contribution in [0.25, 0.3) is 0 Å². The number of rotatable bonds is 4. The van der Waals surface area contributed by atoms with E-state index in [0.717, 1.165) is 43.7 Å². The van der Waals surface area contributed by atoms with Crippen LogP contribution < -0.4 is 0 Å². The van der Waals surface area contributed by atoms with Gasteiger partial charge in [0.2, 0.25) is 0 Å². The zero-order valence-corrected chi connectivity index (χ0v) is 12.5. The maximum atomic E-state index is 13.0. The average molecular weight is 322 g/mol. The van der Waals surface area contributed by atoms with Crippen LogP contribution >= 0.6 is 11.3 Å². The largest absolute Gasteiger partial charge is 0.462 e. The third-order valence-corrected chi connectivity index (χ3v) is 4.23. The van der Waals surface area contributed by atoms with Gasteiger partial charge in [0.15, 0.2) is 5.69 Å². The van der Waals surface area contributed by atoms with Gasteiger partial charge in [0.05, 0.1) is 13.2 Å². The predicted molar refractivity (Wildman–Crippen MR) is 72.2 cm³/mol. The molecule has 1 aliphatic rings. The van der Waals surface area contributed by atoms with Gasteiger partial charge in [-0.3, -0.25) is 4.90 Å². The van der Waals surface area contributed by atoms with E-state index in [0.29, 0.717) is 11.6 Å². The number of hydrogen-bond acceptors (Lipinski definition) is 5. The number of carbonyl (C=O) groups excluding carboxylic acids is 1. The summed E-state index contributed by atoms with van der Waals surface area (Å²) in [6.07, 6.45) is -1.40. The Bertz CT molecular complexity index is 496. The molecule has 0 saturated carbocycles. The number of thiazole rings is 1. The van der Waals surface area contributed by atoms with Gasteiger partial charge in [0, 0.05) is 0 Å². The molecule has 0 aliphatic carbocycles. The second-order valence-electron chi connectivity index (χ2n) is 4.84. The van der Waals surface area contributed by atoms with Crippen molar-refractivity contribution in [3.8, 4) is 0 Å². The molecule has 0 spiro atoms. The van der Waals surface area contributed by atoms with E-state index < -0.39 is 22.7 Å². The van der Waals surface area contributed by atoms with Gasteiger partial charge in [-0.25, -0.2) is 9.78 Å². The van der Waals surface area contributed by atoms with Crippen molar-refractivity contribution in [3.63, 3.8) is 0 Å². The van der Waals surface area contributed by atoms with Crippen LogP contribution in [-0.4, -0.2) is 35.5 Å². The van der Waals surface area contributed by atoms with Gasteiger partial charge < -0.3 is 4.74 Å². The monoisotopic (exact) mass is 322 g/mol. The second kappa shape index (κ2) is 6.74. The Labute approximate surface area is 124 Å². The maximum Gasteiger partial charge on any atom is 0.435 e. The van der Waals surface area contributed by atoms with Crippen LogP contribution in [0.3, 0.4) is 0 Å². The van der Waals surface area contributed by atoms with Gasteiger partial charge in [-0.2, -0.15) is 13.2 Å². The number of piperidine rings is 1. The molecular weight excluding hydrogens is 305 g/mol. The van der Waals surface area contributed by atoms with E-state index in [1.807, 2.05) is 0 Å². The molecule has 8 heteroatoms. The lowest BCUT2D eigenvalue weighted by Gasteiger charge is -2.25. The van der Waals surface area contributed by atoms with E-state index in [-0.39, 0.29) is 6.61 Å². The lowest BCUT2D eigenvalue weighted by Crippen LogP contribution is -2.29. The Kier molecular flexibility index (Phi) is 5.21. The van der Waals surface area contributed by atoms with Crippen LogP contribution in [0.4, 0.5) is 13.2 Å². The molecule has 1 aromatic heterocycles. The molecule has 0 amide bonds. The lowest BCUT2D eigenvalue weighted by molar-refractivity contribution is -0.141. The summed E-state index contributed by atoms with van der Waals surface area (Å²) in [4.78, 5) is 16.9. The molecule has 21 heavy (non-hydrogen) atoms. The van der Waals surface area contributed by atoms with Crippen LogP contribution in [0.15, 0.2) is 0 Å². The van der Waals surface area contributed by atoms with Crippen molar-refractivity contribution < 1.29 is 22.7 Å². The molecule has 4 nitrogen and oxygen atoms in total. The summed E-state index contributed by atoms with van der Waals surface area (Å²) in [5, 5.41) is 0.312. The topological polar surface area (TPSA) is 42.4 Å². The van der Waals surface area contributed by atoms with Crippen molar-refractivity contribution in [1.82, 2.24) is 9.88 Å². The third-order valence-electron chi connectivity index (χ3n) is 3.21. The van der Waals surface area contributed by atoms with Crippen LogP contribution in [0.5, 0.6) is 0 Å². The molecule has 0 bridgehead atoms. The second-order valence-corrected chi connectivity index (χ2v) is 5.92. The maximum absolute atomic E-state index is 13.0. The quantitative estimate of drug-likeness (QED) is 0.798. The highest BCUT2D eigenvalue weighted by Crippen LogP contribution is 2.35. The van der Waals surface area contributed by atoms with Crippen LogP contribution in [0, 0.1) is 0 Å². The Balaban J connectivity index is 2.20. The molecular formula is C13H17F3N2O2S. The number of nitrogens with zero attached hydrogens (tertiary/aromatic N) is 2. The molecule has 0 atom stereocenters. The van der Waals surface area contributed by atoms with Crippen LogP contribution in [0.1, 0.15) is 46.6 Å². The van der Waals surface area contributed by atoms with Crippen molar-refractivity contribution in [3.05, 3.63) is 15.6 Å². The standard InChI is InChI=1S/C13H17F3N2O2S/c1-2-20-12(19)10-11(13(14,15)16)17-9(21-10)8-18-6-4-3-5-7-18/h2-8H2,1H3. The molecule has 1 saturated heterocycles.